The van der Waals surface area contributed by atoms with Crippen molar-refractivity contribution in [2.45, 2.75) is 84.5 Å². The molecule has 0 N–H and O–H groups in total. The lowest BCUT2D eigenvalue weighted by Gasteiger charge is -2.42. The fourth-order valence-electron chi connectivity index (χ4n) is 3.25. The Kier molecular flexibility index (Phi) is 10.9. The van der Waals surface area contributed by atoms with Gasteiger partial charge in [0.25, 0.3) is 0 Å². The summed E-state index contributed by atoms with van der Waals surface area (Å²) in [4.78, 5) is 2.76. The molecule has 0 aliphatic heterocycles. The molecule has 0 bridgehead atoms. The molecule has 0 aliphatic carbocycles. The lowest BCUT2D eigenvalue weighted by molar-refractivity contribution is 0.205. The number of rotatable bonds is 12. The Morgan fingerprint density at radius 3 is 1.63 bits per heavy atom. The van der Waals surface area contributed by atoms with E-state index in [0.717, 1.165) is 0 Å². The summed E-state index contributed by atoms with van der Waals surface area (Å²) in [5.41, 5.74) is 0.700. The third kappa shape index (κ3) is 5.56. The van der Waals surface area contributed by atoms with Crippen LogP contribution in [-0.2, 0) is 4.43 Å². The average Bonchev–Trinajstić information content (AvgIpc) is 2.46. The first-order valence-corrected chi connectivity index (χ1v) is 10.8. The molecule has 0 aromatic carbocycles. The van der Waals surface area contributed by atoms with Crippen LogP contribution in [0.2, 0.25) is 12.1 Å². The van der Waals surface area contributed by atoms with Crippen molar-refractivity contribution in [3.05, 3.63) is 0 Å². The van der Waals surface area contributed by atoms with Gasteiger partial charge in [-0.2, -0.15) is 0 Å². The minimum Gasteiger partial charge on any atom is -0.418 e. The van der Waals surface area contributed by atoms with E-state index in [9.17, 15) is 0 Å². The van der Waals surface area contributed by atoms with Crippen molar-refractivity contribution in [1.29, 1.82) is 0 Å². The molecule has 19 heavy (non-hydrogen) atoms. The molecule has 0 aromatic rings. The molecule has 1 unspecified atom stereocenters. The molecule has 2 nitrogen and oxygen atoms in total. The van der Waals surface area contributed by atoms with Gasteiger partial charge in [-0.25, -0.2) is 0 Å². The molecular formula is C16H37NOSi. The van der Waals surface area contributed by atoms with Gasteiger partial charge in [-0.15, -0.1) is 0 Å². The predicted molar refractivity (Wildman–Crippen MR) is 89.2 cm³/mol. The third-order valence-electron chi connectivity index (χ3n) is 4.64. The van der Waals surface area contributed by atoms with Crippen molar-refractivity contribution in [3.63, 3.8) is 0 Å². The largest absolute Gasteiger partial charge is 0.418 e. The SMILES string of the molecule is CCCCN(CCCC)C(CC)[Si](CC)(CC)OC. The van der Waals surface area contributed by atoms with Crippen molar-refractivity contribution in [2.75, 3.05) is 20.2 Å². The first kappa shape index (κ1) is 19.1. The summed E-state index contributed by atoms with van der Waals surface area (Å²) in [7, 11) is 0.374. The van der Waals surface area contributed by atoms with Crippen molar-refractivity contribution in [1.82, 2.24) is 4.90 Å². The summed E-state index contributed by atoms with van der Waals surface area (Å²) in [5, 5.41) is 0. The van der Waals surface area contributed by atoms with Gasteiger partial charge in [0, 0.05) is 12.8 Å². The van der Waals surface area contributed by atoms with Gasteiger partial charge in [-0.1, -0.05) is 47.5 Å². The summed E-state index contributed by atoms with van der Waals surface area (Å²) < 4.78 is 6.13. The molecule has 0 saturated heterocycles. The highest BCUT2D eigenvalue weighted by molar-refractivity contribution is 6.75. The van der Waals surface area contributed by atoms with Gasteiger partial charge in [0.2, 0.25) is 8.32 Å². The zero-order chi connectivity index (χ0) is 14.7. The van der Waals surface area contributed by atoms with Crippen LogP contribution in [0.1, 0.15) is 66.7 Å². The van der Waals surface area contributed by atoms with Crippen molar-refractivity contribution < 1.29 is 4.43 Å². The van der Waals surface area contributed by atoms with E-state index in [0.29, 0.717) is 5.67 Å². The topological polar surface area (TPSA) is 12.5 Å². The van der Waals surface area contributed by atoms with Crippen LogP contribution in [0.3, 0.4) is 0 Å². The van der Waals surface area contributed by atoms with Crippen LogP contribution < -0.4 is 0 Å². The van der Waals surface area contributed by atoms with Gasteiger partial charge in [-0.3, -0.25) is 0 Å². The monoisotopic (exact) mass is 287 g/mol. The summed E-state index contributed by atoms with van der Waals surface area (Å²) in [5.74, 6) is 0. The first-order valence-electron chi connectivity index (χ1n) is 8.44. The van der Waals surface area contributed by atoms with E-state index in [1.165, 1.54) is 57.3 Å². The van der Waals surface area contributed by atoms with Gasteiger partial charge in [0.15, 0.2) is 0 Å². The lowest BCUT2D eigenvalue weighted by Crippen LogP contribution is -2.57. The average molecular weight is 288 g/mol. The Morgan fingerprint density at radius 1 is 0.895 bits per heavy atom. The van der Waals surface area contributed by atoms with E-state index >= 15 is 0 Å². The normalized spacial score (nSPS) is 14.1. The van der Waals surface area contributed by atoms with Crippen LogP contribution in [0.4, 0.5) is 0 Å². The molecule has 0 rings (SSSR count). The van der Waals surface area contributed by atoms with E-state index in [1.807, 2.05) is 7.11 Å². The van der Waals surface area contributed by atoms with Crippen molar-refractivity contribution in [3.8, 4) is 0 Å². The number of nitrogens with zero attached hydrogens (tertiary/aromatic N) is 1. The Labute approximate surface area is 123 Å². The molecular weight excluding hydrogens is 250 g/mol. The maximum Gasteiger partial charge on any atom is 0.208 e. The fraction of sp³-hybridized carbons (Fsp3) is 1.00. The standard InChI is InChI=1S/C16H37NOSi/c1-7-12-14-17(15-13-8-2)16(9-3)19(10-4,11-5)18-6/h16H,7-15H2,1-6H3. The molecule has 3 heteroatoms. The van der Waals surface area contributed by atoms with Crippen LogP contribution in [0.15, 0.2) is 0 Å². The number of hydrogen-bond acceptors (Lipinski definition) is 2. The van der Waals surface area contributed by atoms with Gasteiger partial charge in [0.1, 0.15) is 0 Å². The van der Waals surface area contributed by atoms with Gasteiger partial charge in [-0.05, 0) is 44.4 Å². The third-order valence-corrected chi connectivity index (χ3v) is 9.83. The molecule has 0 amide bonds. The maximum atomic E-state index is 6.13. The van der Waals surface area contributed by atoms with E-state index in [4.69, 9.17) is 4.43 Å². The zero-order valence-electron chi connectivity index (χ0n) is 14.3. The Morgan fingerprint density at radius 2 is 1.37 bits per heavy atom. The van der Waals surface area contributed by atoms with Crippen LogP contribution in [0.5, 0.6) is 0 Å². The van der Waals surface area contributed by atoms with E-state index in [1.54, 1.807) is 0 Å². The smallest absolute Gasteiger partial charge is 0.208 e. The zero-order valence-corrected chi connectivity index (χ0v) is 15.3. The summed E-state index contributed by atoms with van der Waals surface area (Å²) in [6.07, 6.45) is 6.47. The highest BCUT2D eigenvalue weighted by Crippen LogP contribution is 2.27. The van der Waals surface area contributed by atoms with Gasteiger partial charge < -0.3 is 9.33 Å². The van der Waals surface area contributed by atoms with Gasteiger partial charge in [0.05, 0.1) is 0 Å². The highest BCUT2D eigenvalue weighted by Gasteiger charge is 2.41. The van der Waals surface area contributed by atoms with E-state index < -0.39 is 8.32 Å². The van der Waals surface area contributed by atoms with Crippen LogP contribution >= 0.6 is 0 Å². The quantitative estimate of drug-likeness (QED) is 0.476. The molecule has 0 radical (unpaired) electrons. The molecule has 0 aromatic heterocycles. The van der Waals surface area contributed by atoms with Crippen molar-refractivity contribution in [2.24, 2.45) is 0 Å². The highest BCUT2D eigenvalue weighted by atomic mass is 28.4. The Bertz CT molecular complexity index is 191. The second-order valence-electron chi connectivity index (χ2n) is 5.64. The summed E-state index contributed by atoms with van der Waals surface area (Å²) in [6, 6.07) is 2.49. The minimum atomic E-state index is -1.58. The van der Waals surface area contributed by atoms with Crippen molar-refractivity contribution >= 4 is 8.32 Å². The van der Waals surface area contributed by atoms with Gasteiger partial charge >= 0.3 is 0 Å². The second-order valence-corrected chi connectivity index (χ2v) is 10.3. The Hall–Kier alpha value is 0.137. The number of hydrogen-bond donors (Lipinski definition) is 0. The molecule has 0 heterocycles. The summed E-state index contributed by atoms with van der Waals surface area (Å²) in [6.45, 7) is 14.1. The first-order chi connectivity index (χ1) is 9.15. The molecule has 0 spiro atoms. The van der Waals surface area contributed by atoms with Crippen LogP contribution in [0, 0.1) is 0 Å². The van der Waals surface area contributed by atoms with Crippen LogP contribution in [-0.4, -0.2) is 39.1 Å². The predicted octanol–water partition coefficient (Wildman–Crippen LogP) is 4.84. The Balaban J connectivity index is 4.95. The van der Waals surface area contributed by atoms with E-state index in [-0.39, 0.29) is 0 Å². The molecule has 1 atom stereocenters. The minimum absolute atomic E-state index is 0.700. The number of unbranched alkanes of at least 4 members (excludes halogenated alkanes) is 2. The van der Waals surface area contributed by atoms with E-state index in [2.05, 4.69) is 39.5 Å². The lowest BCUT2D eigenvalue weighted by atomic mass is 10.2. The van der Waals surface area contributed by atoms with Crippen LogP contribution in [0.25, 0.3) is 0 Å². The summed E-state index contributed by atoms with van der Waals surface area (Å²) >= 11 is 0. The molecule has 0 aliphatic rings. The fourth-order valence-corrected chi connectivity index (χ4v) is 7.21. The molecule has 0 fully saturated rings. The maximum absolute atomic E-state index is 6.13. The second kappa shape index (κ2) is 10.9. The molecule has 116 valence electrons. The molecule has 0 saturated carbocycles.